The second kappa shape index (κ2) is 7.25. The molecule has 26 heavy (non-hydrogen) atoms. The van der Waals surface area contributed by atoms with Crippen LogP contribution in [0.1, 0.15) is 34.6 Å². The summed E-state index contributed by atoms with van der Waals surface area (Å²) in [7, 11) is 3.12. The van der Waals surface area contributed by atoms with E-state index in [-0.39, 0.29) is 11.4 Å². The minimum Gasteiger partial charge on any atom is -0.494 e. The van der Waals surface area contributed by atoms with Gasteiger partial charge in [0.2, 0.25) is 0 Å². The molecule has 1 aromatic carbocycles. The van der Waals surface area contributed by atoms with E-state index in [4.69, 9.17) is 21.1 Å². The second-order valence-corrected chi connectivity index (χ2v) is 6.72. The van der Waals surface area contributed by atoms with Gasteiger partial charge in [-0.2, -0.15) is 5.10 Å². The molecular formula is C18H21ClFN3O3. The van der Waals surface area contributed by atoms with Crippen LogP contribution in [0.25, 0.3) is 0 Å². The van der Waals surface area contributed by atoms with Gasteiger partial charge in [0.25, 0.3) is 5.91 Å². The number of carbonyl (C=O) groups excluding carboxylic acids is 1. The Morgan fingerprint density at radius 2 is 2.12 bits per heavy atom. The summed E-state index contributed by atoms with van der Waals surface area (Å²) in [5.74, 6) is -0.794. The minimum atomic E-state index is -0.914. The number of methoxy groups -OCH3 is 1. The van der Waals surface area contributed by atoms with Crippen LogP contribution < -0.4 is 10.1 Å². The van der Waals surface area contributed by atoms with Gasteiger partial charge in [-0.15, -0.1) is 0 Å². The maximum absolute atomic E-state index is 14.9. The molecule has 1 N–H and O–H groups in total. The molecule has 0 unspecified atom stereocenters. The first kappa shape index (κ1) is 18.7. The number of hydrogen-bond donors (Lipinski definition) is 1. The molecule has 3 rings (SSSR count). The molecule has 0 saturated carbocycles. The monoisotopic (exact) mass is 381 g/mol. The molecule has 6 nitrogen and oxygen atoms in total. The average molecular weight is 382 g/mol. The van der Waals surface area contributed by atoms with Gasteiger partial charge in [-0.3, -0.25) is 9.48 Å². The number of aryl methyl sites for hydroxylation is 1. The van der Waals surface area contributed by atoms with Crippen molar-refractivity contribution in [2.24, 2.45) is 7.05 Å². The summed E-state index contributed by atoms with van der Waals surface area (Å²) in [5, 5.41) is 7.43. The predicted octanol–water partition coefficient (Wildman–Crippen LogP) is 2.97. The molecule has 1 aromatic heterocycles. The van der Waals surface area contributed by atoms with Crippen molar-refractivity contribution in [1.82, 2.24) is 15.1 Å². The van der Waals surface area contributed by atoms with Gasteiger partial charge in [-0.25, -0.2) is 4.39 Å². The van der Waals surface area contributed by atoms with Crippen molar-refractivity contribution < 1.29 is 18.7 Å². The number of ether oxygens (including phenoxy) is 2. The quantitative estimate of drug-likeness (QED) is 0.884. The lowest BCUT2D eigenvalue weighted by molar-refractivity contribution is 0.0330. The Balaban J connectivity index is 2.01. The summed E-state index contributed by atoms with van der Waals surface area (Å²) >= 11 is 6.23. The third-order valence-corrected chi connectivity index (χ3v) is 5.33. The molecule has 0 bridgehead atoms. The third kappa shape index (κ3) is 3.17. The van der Waals surface area contributed by atoms with E-state index >= 15 is 0 Å². The zero-order valence-electron chi connectivity index (χ0n) is 14.9. The van der Waals surface area contributed by atoms with Crippen LogP contribution in [-0.4, -0.2) is 36.0 Å². The van der Waals surface area contributed by atoms with Crippen molar-refractivity contribution in [1.29, 1.82) is 0 Å². The van der Waals surface area contributed by atoms with Crippen LogP contribution in [0, 0.1) is 12.7 Å². The van der Waals surface area contributed by atoms with E-state index in [0.717, 1.165) is 0 Å². The van der Waals surface area contributed by atoms with Crippen LogP contribution in [0.3, 0.4) is 0 Å². The topological polar surface area (TPSA) is 65.4 Å². The molecule has 140 valence electrons. The molecule has 1 aliphatic rings. The Labute approximate surface area is 156 Å². The zero-order chi connectivity index (χ0) is 18.9. The molecule has 8 heteroatoms. The fourth-order valence-electron chi connectivity index (χ4n) is 3.22. The maximum atomic E-state index is 14.9. The van der Waals surface area contributed by atoms with E-state index in [9.17, 15) is 9.18 Å². The van der Waals surface area contributed by atoms with E-state index < -0.39 is 17.3 Å². The summed E-state index contributed by atoms with van der Waals surface area (Å²) in [6.45, 7) is 2.59. The highest BCUT2D eigenvalue weighted by atomic mass is 35.5. The maximum Gasteiger partial charge on any atom is 0.274 e. The SMILES string of the molecule is COc1cccc(C2(NC(=O)c3nn(C)c(C)c3Cl)CCOCC2)c1F. The lowest BCUT2D eigenvalue weighted by Gasteiger charge is -2.38. The normalized spacial score (nSPS) is 16.3. The second-order valence-electron chi connectivity index (χ2n) is 6.34. The molecule has 1 saturated heterocycles. The number of rotatable bonds is 4. The van der Waals surface area contributed by atoms with E-state index in [1.807, 2.05) is 0 Å². The summed E-state index contributed by atoms with van der Waals surface area (Å²) < 4.78 is 27.0. The number of hydrogen-bond acceptors (Lipinski definition) is 4. The molecule has 0 atom stereocenters. The lowest BCUT2D eigenvalue weighted by Crippen LogP contribution is -2.50. The average Bonchev–Trinajstić information content (AvgIpc) is 2.90. The summed E-state index contributed by atoms with van der Waals surface area (Å²) in [4.78, 5) is 12.9. The van der Waals surface area contributed by atoms with Gasteiger partial charge in [-0.05, 0) is 25.8 Å². The van der Waals surface area contributed by atoms with Crippen LogP contribution in [0.4, 0.5) is 4.39 Å². The van der Waals surface area contributed by atoms with Crippen LogP contribution in [0.5, 0.6) is 5.75 Å². The lowest BCUT2D eigenvalue weighted by atomic mass is 9.82. The number of nitrogens with one attached hydrogen (secondary N) is 1. The largest absolute Gasteiger partial charge is 0.494 e. The highest BCUT2D eigenvalue weighted by Gasteiger charge is 2.40. The Hall–Kier alpha value is -2.12. The van der Waals surface area contributed by atoms with Gasteiger partial charge < -0.3 is 14.8 Å². The van der Waals surface area contributed by atoms with Crippen LogP contribution in [0.2, 0.25) is 5.02 Å². The summed E-state index contributed by atoms with van der Waals surface area (Å²) in [6, 6.07) is 4.92. The van der Waals surface area contributed by atoms with Crippen molar-refractivity contribution in [3.05, 3.63) is 46.0 Å². The van der Waals surface area contributed by atoms with Crippen LogP contribution >= 0.6 is 11.6 Å². The highest BCUT2D eigenvalue weighted by molar-refractivity contribution is 6.34. The van der Waals surface area contributed by atoms with Crippen molar-refractivity contribution >= 4 is 17.5 Å². The van der Waals surface area contributed by atoms with Crippen molar-refractivity contribution in [3.8, 4) is 5.75 Å². The standard InChI is InChI=1S/C18H21ClFN3O3/c1-11-14(19)16(22-23(11)2)17(24)21-18(7-9-26-10-8-18)12-5-4-6-13(25-3)15(12)20/h4-6H,7-10H2,1-3H3,(H,21,24). The van der Waals surface area contributed by atoms with Crippen molar-refractivity contribution in [2.45, 2.75) is 25.3 Å². The highest BCUT2D eigenvalue weighted by Crippen LogP contribution is 2.37. The number of halogens is 2. The number of nitrogens with zero attached hydrogens (tertiary/aromatic N) is 2. The van der Waals surface area contributed by atoms with Crippen molar-refractivity contribution in [2.75, 3.05) is 20.3 Å². The Morgan fingerprint density at radius 1 is 1.42 bits per heavy atom. The number of benzene rings is 1. The Morgan fingerprint density at radius 3 is 2.69 bits per heavy atom. The van der Waals surface area contributed by atoms with Gasteiger partial charge in [0, 0.05) is 25.8 Å². The van der Waals surface area contributed by atoms with Crippen LogP contribution in [-0.2, 0) is 17.3 Å². The molecule has 0 aliphatic carbocycles. The molecule has 1 aliphatic heterocycles. The van der Waals surface area contributed by atoms with Gasteiger partial charge in [0.05, 0.1) is 23.4 Å². The van der Waals surface area contributed by atoms with E-state index in [0.29, 0.717) is 42.3 Å². The van der Waals surface area contributed by atoms with E-state index in [2.05, 4.69) is 10.4 Å². The first-order valence-electron chi connectivity index (χ1n) is 8.32. The fraction of sp³-hybridized carbons (Fsp3) is 0.444. The fourth-order valence-corrected chi connectivity index (χ4v) is 3.47. The number of amides is 1. The van der Waals surface area contributed by atoms with Gasteiger partial charge in [-0.1, -0.05) is 23.7 Å². The Bertz CT molecular complexity index is 831. The smallest absolute Gasteiger partial charge is 0.274 e. The molecule has 0 radical (unpaired) electrons. The molecule has 1 fully saturated rings. The molecule has 2 heterocycles. The summed E-state index contributed by atoms with van der Waals surface area (Å²) in [5.41, 5.74) is 0.270. The molecular weight excluding hydrogens is 361 g/mol. The first-order valence-corrected chi connectivity index (χ1v) is 8.70. The minimum absolute atomic E-state index is 0.126. The Kier molecular flexibility index (Phi) is 5.20. The van der Waals surface area contributed by atoms with E-state index in [1.165, 1.54) is 7.11 Å². The van der Waals surface area contributed by atoms with E-state index in [1.54, 1.807) is 36.9 Å². The number of carbonyl (C=O) groups is 1. The molecule has 1 amide bonds. The first-order chi connectivity index (χ1) is 12.4. The molecule has 2 aromatic rings. The third-order valence-electron chi connectivity index (χ3n) is 4.87. The van der Waals surface area contributed by atoms with Gasteiger partial charge in [0.1, 0.15) is 0 Å². The van der Waals surface area contributed by atoms with Crippen molar-refractivity contribution in [3.63, 3.8) is 0 Å². The molecule has 0 spiro atoms. The van der Waals surface area contributed by atoms with Crippen LogP contribution in [0.15, 0.2) is 18.2 Å². The van der Waals surface area contributed by atoms with Gasteiger partial charge in [0.15, 0.2) is 17.3 Å². The summed E-state index contributed by atoms with van der Waals surface area (Å²) in [6.07, 6.45) is 0.874. The predicted molar refractivity (Wildman–Crippen MR) is 95.1 cm³/mol. The number of aromatic nitrogens is 2. The zero-order valence-corrected chi connectivity index (χ0v) is 15.7. The van der Waals surface area contributed by atoms with Gasteiger partial charge >= 0.3 is 0 Å².